The van der Waals surface area contributed by atoms with Gasteiger partial charge in [0.15, 0.2) is 0 Å². The van der Waals surface area contributed by atoms with Crippen LogP contribution in [0, 0.1) is 0 Å². The smallest absolute Gasteiger partial charge is 0.326 e. The summed E-state index contributed by atoms with van der Waals surface area (Å²) in [5.41, 5.74) is 6.39. The number of carbonyl (C=O) groups is 4. The molecule has 7 N–H and O–H groups in total. The Balaban J connectivity index is 2.52. The molecule has 2 amide bonds. The fourth-order valence-electron chi connectivity index (χ4n) is 1.93. The summed E-state index contributed by atoms with van der Waals surface area (Å²) in [6.45, 7) is 1.37. The minimum absolute atomic E-state index is 0.191. The molecule has 1 rings (SSSR count). The first kappa shape index (κ1) is 20.1. The number of H-pyrrole nitrogens is 1. The van der Waals surface area contributed by atoms with Gasteiger partial charge in [-0.15, -0.1) is 0 Å². The molecule has 25 heavy (non-hydrogen) atoms. The van der Waals surface area contributed by atoms with Gasteiger partial charge in [0.1, 0.15) is 12.1 Å². The van der Waals surface area contributed by atoms with Crippen LogP contribution >= 0.6 is 0 Å². The summed E-state index contributed by atoms with van der Waals surface area (Å²) in [5, 5.41) is 22.2. The first-order chi connectivity index (χ1) is 11.7. The zero-order valence-corrected chi connectivity index (χ0v) is 13.6. The molecule has 1 heterocycles. The van der Waals surface area contributed by atoms with Crippen LogP contribution in [0.2, 0.25) is 0 Å². The summed E-state index contributed by atoms with van der Waals surface area (Å²) in [6, 6.07) is -3.31. The lowest BCUT2D eigenvalue weighted by Crippen LogP contribution is -2.53. The molecule has 3 atom stereocenters. The Morgan fingerprint density at radius 2 is 1.92 bits per heavy atom. The van der Waals surface area contributed by atoms with Crippen molar-refractivity contribution in [2.45, 2.75) is 44.3 Å². The number of carbonyl (C=O) groups excluding carboxylic acids is 2. The highest BCUT2D eigenvalue weighted by molar-refractivity contribution is 5.91. The summed E-state index contributed by atoms with van der Waals surface area (Å²) in [5.74, 6) is -3.87. The van der Waals surface area contributed by atoms with Crippen molar-refractivity contribution in [3.63, 3.8) is 0 Å². The van der Waals surface area contributed by atoms with Gasteiger partial charge in [0.2, 0.25) is 11.8 Å². The highest BCUT2D eigenvalue weighted by Crippen LogP contribution is 2.00. The molecular weight excluding hydrogens is 334 g/mol. The van der Waals surface area contributed by atoms with E-state index in [1.54, 1.807) is 0 Å². The van der Waals surface area contributed by atoms with Gasteiger partial charge >= 0.3 is 11.9 Å². The number of hydrogen-bond donors (Lipinski definition) is 6. The number of nitrogens with one attached hydrogen (secondary N) is 3. The Morgan fingerprint density at radius 1 is 1.24 bits per heavy atom. The second kappa shape index (κ2) is 9.37. The molecule has 0 bridgehead atoms. The molecule has 11 heteroatoms. The van der Waals surface area contributed by atoms with Crippen molar-refractivity contribution in [2.75, 3.05) is 0 Å². The van der Waals surface area contributed by atoms with Crippen LogP contribution in [0.3, 0.4) is 0 Å². The largest absolute Gasteiger partial charge is 0.481 e. The van der Waals surface area contributed by atoms with E-state index in [0.717, 1.165) is 0 Å². The van der Waals surface area contributed by atoms with Crippen molar-refractivity contribution < 1.29 is 29.4 Å². The topological polar surface area (TPSA) is 187 Å². The van der Waals surface area contributed by atoms with Gasteiger partial charge in [0.05, 0.1) is 12.4 Å². The fourth-order valence-corrected chi connectivity index (χ4v) is 1.93. The van der Waals surface area contributed by atoms with Crippen molar-refractivity contribution in [2.24, 2.45) is 5.73 Å². The molecule has 1 aromatic heterocycles. The minimum atomic E-state index is -1.36. The number of aromatic nitrogens is 2. The number of rotatable bonds is 10. The molecule has 0 aromatic carbocycles. The van der Waals surface area contributed by atoms with Crippen LogP contribution in [-0.2, 0) is 25.6 Å². The summed E-state index contributed by atoms with van der Waals surface area (Å²) < 4.78 is 0. The molecule has 0 spiro atoms. The predicted molar refractivity (Wildman–Crippen MR) is 84.3 cm³/mol. The van der Waals surface area contributed by atoms with E-state index in [-0.39, 0.29) is 12.8 Å². The Morgan fingerprint density at radius 3 is 2.44 bits per heavy atom. The van der Waals surface area contributed by atoms with Gasteiger partial charge in [-0.05, 0) is 13.3 Å². The summed E-state index contributed by atoms with van der Waals surface area (Å²) in [6.07, 6.45) is 2.47. The monoisotopic (exact) mass is 355 g/mol. The van der Waals surface area contributed by atoms with Crippen LogP contribution in [-0.4, -0.2) is 62.1 Å². The van der Waals surface area contributed by atoms with Crippen molar-refractivity contribution in [1.29, 1.82) is 0 Å². The number of carboxylic acid groups (broad SMARTS) is 2. The van der Waals surface area contributed by atoms with Gasteiger partial charge < -0.3 is 31.6 Å². The third kappa shape index (κ3) is 6.99. The molecule has 0 unspecified atom stereocenters. The molecule has 0 aliphatic carbocycles. The van der Waals surface area contributed by atoms with Gasteiger partial charge in [0.25, 0.3) is 0 Å². The third-order valence-electron chi connectivity index (χ3n) is 3.34. The molecule has 0 radical (unpaired) electrons. The Labute approximate surface area is 143 Å². The summed E-state index contributed by atoms with van der Waals surface area (Å²) >= 11 is 0. The lowest BCUT2D eigenvalue weighted by Gasteiger charge is -2.19. The van der Waals surface area contributed by atoms with E-state index in [9.17, 15) is 19.2 Å². The Kier molecular flexibility index (Phi) is 7.53. The van der Waals surface area contributed by atoms with Crippen molar-refractivity contribution in [3.8, 4) is 0 Å². The number of nitrogens with two attached hydrogens (primary N) is 1. The van der Waals surface area contributed by atoms with E-state index in [4.69, 9.17) is 15.9 Å². The molecule has 0 saturated heterocycles. The fraction of sp³-hybridized carbons (Fsp3) is 0.500. The van der Waals surface area contributed by atoms with Crippen molar-refractivity contribution in [1.82, 2.24) is 20.6 Å². The van der Waals surface area contributed by atoms with E-state index in [0.29, 0.717) is 5.69 Å². The van der Waals surface area contributed by atoms with Gasteiger partial charge in [-0.1, -0.05) is 0 Å². The number of amides is 2. The first-order valence-electron chi connectivity index (χ1n) is 7.49. The van der Waals surface area contributed by atoms with Crippen molar-refractivity contribution >= 4 is 23.8 Å². The first-order valence-corrected chi connectivity index (χ1v) is 7.49. The van der Waals surface area contributed by atoms with Crippen molar-refractivity contribution in [3.05, 3.63) is 18.2 Å². The zero-order valence-electron chi connectivity index (χ0n) is 13.6. The van der Waals surface area contributed by atoms with Crippen LogP contribution in [0.5, 0.6) is 0 Å². The molecular formula is C14H21N5O6. The Bertz CT molecular complexity index is 617. The maximum Gasteiger partial charge on any atom is 0.326 e. The van der Waals surface area contributed by atoms with E-state index in [1.807, 2.05) is 0 Å². The summed E-state index contributed by atoms with van der Waals surface area (Å²) in [7, 11) is 0. The molecule has 0 aliphatic rings. The molecule has 0 fully saturated rings. The Hall–Kier alpha value is -2.95. The number of imidazole rings is 1. The van der Waals surface area contributed by atoms with E-state index < -0.39 is 48.3 Å². The normalized spacial score (nSPS) is 14.2. The second-order valence-electron chi connectivity index (χ2n) is 5.45. The van der Waals surface area contributed by atoms with Crippen LogP contribution in [0.15, 0.2) is 12.5 Å². The highest BCUT2D eigenvalue weighted by atomic mass is 16.4. The average Bonchev–Trinajstić information content (AvgIpc) is 3.03. The molecule has 0 saturated carbocycles. The van der Waals surface area contributed by atoms with Crippen LogP contribution in [0.1, 0.15) is 25.5 Å². The number of aliphatic carboxylic acids is 2. The summed E-state index contributed by atoms with van der Waals surface area (Å²) in [4.78, 5) is 52.1. The standard InChI is InChI=1S/C14H21N5O6/c1-7(12(22)19-10(14(24)25)2-3-11(20)21)18-13(23)9(15)4-8-5-16-6-17-8/h5-7,9-10H,2-4,15H2,1H3,(H,16,17)(H,18,23)(H,19,22)(H,20,21)(H,24,25)/t7-,9-,10-/m0/s1. The second-order valence-corrected chi connectivity index (χ2v) is 5.45. The van der Waals surface area contributed by atoms with Gasteiger partial charge in [-0.3, -0.25) is 14.4 Å². The highest BCUT2D eigenvalue weighted by Gasteiger charge is 2.25. The molecule has 0 aliphatic heterocycles. The van der Waals surface area contributed by atoms with E-state index in [2.05, 4.69) is 20.6 Å². The van der Waals surface area contributed by atoms with Gasteiger partial charge in [0, 0.05) is 24.7 Å². The number of carboxylic acids is 2. The molecule has 138 valence electrons. The third-order valence-corrected chi connectivity index (χ3v) is 3.34. The van der Waals surface area contributed by atoms with Gasteiger partial charge in [-0.25, -0.2) is 9.78 Å². The van der Waals surface area contributed by atoms with E-state index >= 15 is 0 Å². The molecule has 1 aromatic rings. The number of aromatic amines is 1. The van der Waals surface area contributed by atoms with Crippen LogP contribution in [0.4, 0.5) is 0 Å². The van der Waals surface area contributed by atoms with E-state index in [1.165, 1.54) is 19.4 Å². The average molecular weight is 355 g/mol. The van der Waals surface area contributed by atoms with Gasteiger partial charge in [-0.2, -0.15) is 0 Å². The quantitative estimate of drug-likeness (QED) is 0.284. The molecule has 11 nitrogen and oxygen atoms in total. The SMILES string of the molecule is C[C@H](NC(=O)[C@@H](N)Cc1cnc[nH]1)C(=O)N[C@@H](CCC(=O)O)C(=O)O. The van der Waals surface area contributed by atoms with Crippen LogP contribution < -0.4 is 16.4 Å². The predicted octanol–water partition coefficient (Wildman–Crippen LogP) is -1.78. The number of nitrogens with zero attached hydrogens (tertiary/aromatic N) is 1. The lowest BCUT2D eigenvalue weighted by molar-refractivity contribution is -0.143. The maximum atomic E-state index is 12.0. The zero-order chi connectivity index (χ0) is 19.0. The lowest BCUT2D eigenvalue weighted by atomic mass is 10.1. The maximum absolute atomic E-state index is 12.0. The van der Waals surface area contributed by atoms with Crippen LogP contribution in [0.25, 0.3) is 0 Å². The minimum Gasteiger partial charge on any atom is -0.481 e. The number of hydrogen-bond acceptors (Lipinski definition) is 6.